The maximum atomic E-state index is 9.76. The molecular weight excluding hydrogens is 137 g/mol. The molecule has 1 atom stereocenters. The first-order valence-electron chi connectivity index (χ1n) is 0.393. The van der Waals surface area contributed by atoms with E-state index >= 15 is 0 Å². The average Bonchev–Trinajstić information content (AvgIpc) is 0.918. The smallest absolute Gasteiger partial charge is 0.147 e. The minimum Gasteiger partial charge on any atom is -0.147 e. The fourth-order valence-corrected chi connectivity index (χ4v) is 0. The molecule has 1 unspecified atom stereocenters. The second kappa shape index (κ2) is 23.2. The summed E-state index contributed by atoms with van der Waals surface area (Å²) in [5.41, 5.74) is 0. The highest BCUT2D eigenvalue weighted by molar-refractivity contribution is 7.16. The number of halogens is 3. The van der Waals surface area contributed by atoms with Gasteiger partial charge in [0.25, 0.3) is 0 Å². The van der Waals surface area contributed by atoms with Crippen molar-refractivity contribution >= 4 is 33.6 Å². The summed E-state index contributed by atoms with van der Waals surface area (Å²) in [5.74, 6) is 0. The van der Waals surface area contributed by atoms with Crippen LogP contribution in [0.15, 0.2) is 0 Å². The summed E-state index contributed by atoms with van der Waals surface area (Å²) >= 11 is 0. The molecule has 0 heterocycles. The van der Waals surface area contributed by atoms with Gasteiger partial charge in [0.15, 0.2) is 0 Å². The van der Waals surface area contributed by atoms with Crippen molar-refractivity contribution in [3.63, 3.8) is 0 Å². The molecule has 0 aliphatic carbocycles. The van der Waals surface area contributed by atoms with Gasteiger partial charge in [0, 0.05) is 0 Å². The van der Waals surface area contributed by atoms with Crippen molar-refractivity contribution in [2.45, 2.75) is 0 Å². The van der Waals surface area contributed by atoms with Crippen molar-refractivity contribution in [1.29, 1.82) is 0 Å². The van der Waals surface area contributed by atoms with E-state index < -0.39 is 8.77 Å². The number of rotatable bonds is 0. The molecule has 0 aromatic heterocycles. The molecule has 0 saturated heterocycles. The standard InChI is InChI=1S/2ClH.FHOP/c;;1-3-2/h2*1H;3H/q;;+1. The maximum Gasteiger partial charge on any atom is 0.545 e. The van der Waals surface area contributed by atoms with Crippen LogP contribution in [0, 0.1) is 0 Å². The van der Waals surface area contributed by atoms with E-state index in [1.54, 1.807) is 0 Å². The summed E-state index contributed by atoms with van der Waals surface area (Å²) in [5, 5.41) is 0. The highest BCUT2D eigenvalue weighted by Crippen LogP contribution is 1.83. The van der Waals surface area contributed by atoms with Gasteiger partial charge in [-0.1, -0.05) is 0 Å². The Kier molecular flexibility index (Phi) is 81.1. The van der Waals surface area contributed by atoms with Gasteiger partial charge in [-0.15, -0.1) is 24.8 Å². The van der Waals surface area contributed by atoms with Gasteiger partial charge in [-0.05, 0) is 4.57 Å². The van der Waals surface area contributed by atoms with Crippen LogP contribution in [0.1, 0.15) is 0 Å². The summed E-state index contributed by atoms with van der Waals surface area (Å²) < 4.78 is 18.1. The van der Waals surface area contributed by atoms with Crippen LogP contribution >= 0.6 is 33.6 Å². The van der Waals surface area contributed by atoms with Crippen LogP contribution in [0.5, 0.6) is 0 Å². The van der Waals surface area contributed by atoms with Crippen LogP contribution < -0.4 is 0 Å². The Morgan fingerprint density at radius 3 is 1.40 bits per heavy atom. The molecule has 5 heteroatoms. The highest BCUT2D eigenvalue weighted by Gasteiger charge is 1.54. The molecule has 0 spiro atoms. The predicted molar refractivity (Wildman–Crippen MR) is 24.6 cm³/mol. The van der Waals surface area contributed by atoms with Crippen LogP contribution in [0.3, 0.4) is 0 Å². The molecule has 0 aliphatic heterocycles. The van der Waals surface area contributed by atoms with Gasteiger partial charge in [-0.3, -0.25) is 0 Å². The van der Waals surface area contributed by atoms with E-state index in [9.17, 15) is 4.20 Å². The summed E-state index contributed by atoms with van der Waals surface area (Å²) in [7, 11) is -1.67. The number of hydrogen-bond donors (Lipinski definition) is 0. The zero-order valence-corrected chi connectivity index (χ0v) is 4.74. The third-order valence-corrected chi connectivity index (χ3v) is 0. The fourth-order valence-electron chi connectivity index (χ4n) is 0. The molecule has 0 amide bonds. The molecular formula is H3Cl2FOP+. The molecule has 0 radical (unpaired) electrons. The molecule has 34 valence electrons. The molecule has 1 nitrogen and oxygen atoms in total. The van der Waals surface area contributed by atoms with Crippen LogP contribution in [-0.2, 0) is 4.57 Å². The first-order valence-corrected chi connectivity index (χ1v) is 1.18. The topological polar surface area (TPSA) is 17.1 Å². The summed E-state index contributed by atoms with van der Waals surface area (Å²) in [4.78, 5) is 0. The van der Waals surface area contributed by atoms with Crippen molar-refractivity contribution < 1.29 is 8.76 Å². The largest absolute Gasteiger partial charge is 0.545 e. The monoisotopic (exact) mass is 139 g/mol. The third-order valence-electron chi connectivity index (χ3n) is 0. The Labute approximate surface area is 43.1 Å². The Bertz CT molecular complexity index is 17.1. The van der Waals surface area contributed by atoms with Crippen molar-refractivity contribution in [2.75, 3.05) is 0 Å². The van der Waals surface area contributed by atoms with Gasteiger partial charge in [0.05, 0.1) is 4.20 Å². The van der Waals surface area contributed by atoms with Crippen LogP contribution in [0.25, 0.3) is 0 Å². The van der Waals surface area contributed by atoms with E-state index in [2.05, 4.69) is 0 Å². The third kappa shape index (κ3) is 84.4. The second-order valence-electron chi connectivity index (χ2n) is 0.0772. The van der Waals surface area contributed by atoms with Gasteiger partial charge < -0.3 is 0 Å². The van der Waals surface area contributed by atoms with E-state index in [0.29, 0.717) is 0 Å². The normalized spacial score (nSPS) is 4.20. The van der Waals surface area contributed by atoms with Gasteiger partial charge in [0.2, 0.25) is 0 Å². The first kappa shape index (κ1) is 17.5. The van der Waals surface area contributed by atoms with Gasteiger partial charge >= 0.3 is 8.77 Å². The molecule has 0 aromatic rings. The molecule has 0 N–H and O–H groups in total. The van der Waals surface area contributed by atoms with E-state index in [0.717, 1.165) is 0 Å². The molecule has 0 fully saturated rings. The van der Waals surface area contributed by atoms with Gasteiger partial charge in [0.1, 0.15) is 0 Å². The molecule has 0 saturated carbocycles. The van der Waals surface area contributed by atoms with E-state index in [1.165, 1.54) is 0 Å². The lowest BCUT2D eigenvalue weighted by Crippen LogP contribution is -0.761. The average molecular weight is 140 g/mol. The molecule has 5 heavy (non-hydrogen) atoms. The first-order chi connectivity index (χ1) is 1.41. The molecule has 0 rings (SSSR count). The van der Waals surface area contributed by atoms with Gasteiger partial charge in [-0.25, -0.2) is 0 Å². The Hall–Kier alpha value is 0.610. The van der Waals surface area contributed by atoms with Crippen LogP contribution in [-0.4, -0.2) is 0 Å². The van der Waals surface area contributed by atoms with Crippen molar-refractivity contribution in [3.8, 4) is 0 Å². The summed E-state index contributed by atoms with van der Waals surface area (Å²) in [6.07, 6.45) is 0. The second-order valence-corrected chi connectivity index (χ2v) is 0.231. The lowest BCUT2D eigenvalue weighted by atomic mass is 16.0. The summed E-state index contributed by atoms with van der Waals surface area (Å²) in [6.45, 7) is 0. The van der Waals surface area contributed by atoms with Crippen molar-refractivity contribution in [3.05, 3.63) is 0 Å². The predicted octanol–water partition coefficient (Wildman–Crippen LogP) is 1.74. The van der Waals surface area contributed by atoms with E-state index in [1.807, 2.05) is 0 Å². The lowest BCUT2D eigenvalue weighted by Gasteiger charge is -0.968. The zero-order valence-electron chi connectivity index (χ0n) is 2.10. The molecule has 0 aliphatic rings. The highest BCUT2D eigenvalue weighted by atomic mass is 35.5. The Balaban J connectivity index is -0.0000000200. The van der Waals surface area contributed by atoms with Crippen molar-refractivity contribution in [1.82, 2.24) is 0 Å². The summed E-state index contributed by atoms with van der Waals surface area (Å²) in [6, 6.07) is 0. The molecule has 0 aromatic carbocycles. The fraction of sp³-hybridized carbons (Fsp3) is 0. The minimum atomic E-state index is -1.67. The van der Waals surface area contributed by atoms with Crippen molar-refractivity contribution in [2.24, 2.45) is 0 Å². The van der Waals surface area contributed by atoms with Crippen LogP contribution in [0.4, 0.5) is 4.20 Å². The zero-order chi connectivity index (χ0) is 2.71. The van der Waals surface area contributed by atoms with Crippen LogP contribution in [0.2, 0.25) is 0 Å². The van der Waals surface area contributed by atoms with Gasteiger partial charge in [-0.2, -0.15) is 0 Å². The number of hydrogen-bond acceptors (Lipinski definition) is 1. The molecule has 0 bridgehead atoms. The van der Waals surface area contributed by atoms with E-state index in [-0.39, 0.29) is 24.8 Å². The minimum absolute atomic E-state index is 0. The lowest BCUT2D eigenvalue weighted by molar-refractivity contribution is 0.575. The Morgan fingerprint density at radius 2 is 1.40 bits per heavy atom. The Morgan fingerprint density at radius 1 is 1.40 bits per heavy atom. The maximum absolute atomic E-state index is 9.76. The quantitative estimate of drug-likeness (QED) is 0.468. The van der Waals surface area contributed by atoms with E-state index in [4.69, 9.17) is 4.57 Å². The SMILES string of the molecule is Cl.Cl.O=[PH+]F.